The molecular weight excluding hydrogens is 308 g/mol. The molecule has 0 saturated carbocycles. The normalized spacial score (nSPS) is 20.4. The van der Waals surface area contributed by atoms with Crippen molar-refractivity contribution in [2.75, 3.05) is 25.0 Å². The van der Waals surface area contributed by atoms with Crippen molar-refractivity contribution in [1.29, 1.82) is 0 Å². The summed E-state index contributed by atoms with van der Waals surface area (Å²) in [4.78, 5) is 38.4. The number of likely N-dealkylation sites (tertiary alicyclic amines) is 1. The quantitative estimate of drug-likeness (QED) is 0.772. The van der Waals surface area contributed by atoms with Crippen molar-refractivity contribution in [2.24, 2.45) is 0 Å². The zero-order chi connectivity index (χ0) is 16.9. The molecule has 0 aliphatic carbocycles. The van der Waals surface area contributed by atoms with E-state index < -0.39 is 0 Å². The summed E-state index contributed by atoms with van der Waals surface area (Å²) in [7, 11) is 0. The Morgan fingerprint density at radius 1 is 1.25 bits per heavy atom. The van der Waals surface area contributed by atoms with Crippen LogP contribution in [0.2, 0.25) is 0 Å². The van der Waals surface area contributed by atoms with Gasteiger partial charge in [0.05, 0.1) is 0 Å². The number of urea groups is 1. The maximum Gasteiger partial charge on any atom is 0.324 e. The van der Waals surface area contributed by atoms with Gasteiger partial charge in [0, 0.05) is 25.2 Å². The van der Waals surface area contributed by atoms with Crippen molar-refractivity contribution in [3.8, 4) is 0 Å². The van der Waals surface area contributed by atoms with Crippen LogP contribution in [0.3, 0.4) is 0 Å². The fourth-order valence-electron chi connectivity index (χ4n) is 3.17. The lowest BCUT2D eigenvalue weighted by Gasteiger charge is -2.26. The summed E-state index contributed by atoms with van der Waals surface area (Å²) in [6.45, 7) is 1.27. The van der Waals surface area contributed by atoms with Gasteiger partial charge in [0.15, 0.2) is 0 Å². The van der Waals surface area contributed by atoms with Crippen LogP contribution >= 0.6 is 0 Å². The van der Waals surface area contributed by atoms with E-state index in [1.165, 1.54) is 4.90 Å². The van der Waals surface area contributed by atoms with E-state index in [4.69, 9.17) is 0 Å². The third kappa shape index (κ3) is 3.84. The largest absolute Gasteiger partial charge is 0.365 e. The van der Waals surface area contributed by atoms with Crippen molar-refractivity contribution in [1.82, 2.24) is 15.1 Å². The minimum Gasteiger partial charge on any atom is -0.365 e. The highest BCUT2D eigenvalue weighted by Gasteiger charge is 2.29. The molecule has 2 heterocycles. The van der Waals surface area contributed by atoms with Gasteiger partial charge in [-0.05, 0) is 31.4 Å². The number of hydrogen-bond donors (Lipinski definition) is 2. The number of para-hydroxylation sites is 1. The van der Waals surface area contributed by atoms with Crippen LogP contribution in [0, 0.1) is 0 Å². The Morgan fingerprint density at radius 3 is 2.75 bits per heavy atom. The number of nitrogens with one attached hydrogen (secondary N) is 2. The average Bonchev–Trinajstić information content (AvgIpc) is 3.15. The molecule has 2 fully saturated rings. The highest BCUT2D eigenvalue weighted by atomic mass is 16.2. The number of benzene rings is 1. The number of amides is 4. The highest BCUT2D eigenvalue weighted by Crippen LogP contribution is 2.21. The van der Waals surface area contributed by atoms with Crippen molar-refractivity contribution in [2.45, 2.75) is 31.8 Å². The van der Waals surface area contributed by atoms with Crippen LogP contribution in [-0.4, -0.2) is 53.4 Å². The summed E-state index contributed by atoms with van der Waals surface area (Å²) < 4.78 is 0. The molecule has 1 aromatic carbocycles. The summed E-state index contributed by atoms with van der Waals surface area (Å²) in [6.07, 6.45) is 2.89. The van der Waals surface area contributed by atoms with Crippen LogP contribution in [0.5, 0.6) is 0 Å². The van der Waals surface area contributed by atoms with Gasteiger partial charge in [-0.15, -0.1) is 0 Å². The zero-order valence-electron chi connectivity index (χ0n) is 13.5. The van der Waals surface area contributed by atoms with E-state index >= 15 is 0 Å². The summed E-state index contributed by atoms with van der Waals surface area (Å²) in [6, 6.07) is 9.50. The maximum absolute atomic E-state index is 12.5. The number of nitrogens with zero attached hydrogens (tertiary/aromatic N) is 2. The molecule has 1 atom stereocenters. The first-order valence-electron chi connectivity index (χ1n) is 8.33. The Bertz CT molecular complexity index is 620. The SMILES string of the molecule is O=C1CN(CCCC(=O)N2CCCC2Nc2ccccc2)C(=O)N1. The van der Waals surface area contributed by atoms with Gasteiger partial charge < -0.3 is 15.1 Å². The Kier molecular flexibility index (Phi) is 4.98. The number of hydrogen-bond acceptors (Lipinski definition) is 4. The maximum atomic E-state index is 12.5. The van der Waals surface area contributed by atoms with E-state index in [0.717, 1.165) is 25.1 Å². The number of imide groups is 1. The third-order valence-electron chi connectivity index (χ3n) is 4.37. The first-order chi connectivity index (χ1) is 11.6. The molecule has 7 heteroatoms. The second kappa shape index (κ2) is 7.33. The van der Waals surface area contributed by atoms with Gasteiger partial charge in [-0.1, -0.05) is 18.2 Å². The van der Waals surface area contributed by atoms with Crippen molar-refractivity contribution in [3.05, 3.63) is 30.3 Å². The standard InChI is InChI=1S/C17H22N4O3/c22-15-12-20(17(24)19-15)10-5-9-16(23)21-11-4-8-14(21)18-13-6-2-1-3-7-13/h1-3,6-7,14,18H,4-5,8-12H2,(H,19,22,24). The number of anilines is 1. The molecule has 7 nitrogen and oxygen atoms in total. The van der Waals surface area contributed by atoms with E-state index in [0.29, 0.717) is 19.4 Å². The lowest BCUT2D eigenvalue weighted by Crippen LogP contribution is -2.40. The first kappa shape index (κ1) is 16.3. The van der Waals surface area contributed by atoms with E-state index in [2.05, 4.69) is 10.6 Å². The van der Waals surface area contributed by atoms with Crippen LogP contribution in [0.1, 0.15) is 25.7 Å². The predicted octanol–water partition coefficient (Wildman–Crippen LogP) is 1.38. The Hall–Kier alpha value is -2.57. The van der Waals surface area contributed by atoms with Gasteiger partial charge in [0.25, 0.3) is 0 Å². The molecule has 0 aromatic heterocycles. The summed E-state index contributed by atoms with van der Waals surface area (Å²) >= 11 is 0. The van der Waals surface area contributed by atoms with Crippen molar-refractivity contribution >= 4 is 23.5 Å². The molecule has 0 spiro atoms. The van der Waals surface area contributed by atoms with Gasteiger partial charge in [-0.3, -0.25) is 14.9 Å². The Morgan fingerprint density at radius 2 is 2.04 bits per heavy atom. The van der Waals surface area contributed by atoms with Crippen molar-refractivity contribution in [3.63, 3.8) is 0 Å². The minimum absolute atomic E-state index is 0.0246. The number of carbonyl (C=O) groups excluding carboxylic acids is 3. The van der Waals surface area contributed by atoms with E-state index in [1.807, 2.05) is 35.2 Å². The number of carbonyl (C=O) groups is 3. The number of rotatable bonds is 6. The molecule has 2 saturated heterocycles. The van der Waals surface area contributed by atoms with Crippen molar-refractivity contribution < 1.29 is 14.4 Å². The summed E-state index contributed by atoms with van der Waals surface area (Å²) in [5.74, 6) is -0.190. The average molecular weight is 330 g/mol. The highest BCUT2D eigenvalue weighted by molar-refractivity contribution is 6.01. The lowest BCUT2D eigenvalue weighted by molar-refractivity contribution is -0.131. The fraction of sp³-hybridized carbons (Fsp3) is 0.471. The van der Waals surface area contributed by atoms with Gasteiger partial charge in [-0.25, -0.2) is 4.79 Å². The molecule has 2 N–H and O–H groups in total. The molecule has 128 valence electrons. The molecule has 1 aromatic rings. The van der Waals surface area contributed by atoms with Crippen LogP contribution in [0.4, 0.5) is 10.5 Å². The van der Waals surface area contributed by atoms with Gasteiger partial charge in [0.2, 0.25) is 11.8 Å². The van der Waals surface area contributed by atoms with Gasteiger partial charge >= 0.3 is 6.03 Å². The predicted molar refractivity (Wildman–Crippen MR) is 89.1 cm³/mol. The zero-order valence-corrected chi connectivity index (χ0v) is 13.5. The molecule has 0 bridgehead atoms. The molecule has 3 rings (SSSR count). The fourth-order valence-corrected chi connectivity index (χ4v) is 3.17. The van der Waals surface area contributed by atoms with E-state index in [9.17, 15) is 14.4 Å². The molecule has 1 unspecified atom stereocenters. The third-order valence-corrected chi connectivity index (χ3v) is 4.37. The smallest absolute Gasteiger partial charge is 0.324 e. The van der Waals surface area contributed by atoms with Crippen LogP contribution in [0.25, 0.3) is 0 Å². The van der Waals surface area contributed by atoms with Gasteiger partial charge in [-0.2, -0.15) is 0 Å². The second-order valence-corrected chi connectivity index (χ2v) is 6.13. The Labute approximate surface area is 141 Å². The monoisotopic (exact) mass is 330 g/mol. The molecule has 2 aliphatic heterocycles. The molecular formula is C17H22N4O3. The molecule has 24 heavy (non-hydrogen) atoms. The van der Waals surface area contributed by atoms with Gasteiger partial charge in [0.1, 0.15) is 12.7 Å². The minimum atomic E-state index is -0.364. The molecule has 2 aliphatic rings. The Balaban J connectivity index is 1.47. The molecule has 4 amide bonds. The lowest BCUT2D eigenvalue weighted by atomic mass is 10.2. The van der Waals surface area contributed by atoms with Crippen LogP contribution in [0.15, 0.2) is 30.3 Å². The van der Waals surface area contributed by atoms with Crippen LogP contribution in [-0.2, 0) is 9.59 Å². The summed E-state index contributed by atoms with van der Waals surface area (Å²) in [5, 5.41) is 5.64. The summed E-state index contributed by atoms with van der Waals surface area (Å²) in [5.41, 5.74) is 1.01. The topological polar surface area (TPSA) is 81.8 Å². The van der Waals surface area contributed by atoms with E-state index in [-0.39, 0.29) is 30.6 Å². The van der Waals surface area contributed by atoms with Crippen LogP contribution < -0.4 is 10.6 Å². The molecule has 0 radical (unpaired) electrons. The first-order valence-corrected chi connectivity index (χ1v) is 8.33. The second-order valence-electron chi connectivity index (χ2n) is 6.13. The van der Waals surface area contributed by atoms with E-state index in [1.54, 1.807) is 0 Å².